The van der Waals surface area contributed by atoms with Gasteiger partial charge in [0.1, 0.15) is 11.5 Å². The van der Waals surface area contributed by atoms with E-state index in [1.807, 2.05) is 0 Å². The lowest BCUT2D eigenvalue weighted by molar-refractivity contribution is -0.145. The van der Waals surface area contributed by atoms with Gasteiger partial charge < -0.3 is 19.9 Å². The lowest BCUT2D eigenvalue weighted by atomic mass is 9.80. The van der Waals surface area contributed by atoms with Crippen LogP contribution in [0.5, 0.6) is 11.5 Å². The quantitative estimate of drug-likeness (QED) is 0.804. The summed E-state index contributed by atoms with van der Waals surface area (Å²) in [4.78, 5) is 23.2. The molecule has 0 aromatic heterocycles. The minimum absolute atomic E-state index is 0.0815. The van der Waals surface area contributed by atoms with E-state index in [1.54, 1.807) is 25.3 Å². The number of hydrogen-bond donors (Lipinski definition) is 2. The highest BCUT2D eigenvalue weighted by Gasteiger charge is 2.35. The van der Waals surface area contributed by atoms with E-state index in [4.69, 9.17) is 14.6 Å². The van der Waals surface area contributed by atoms with Gasteiger partial charge in [-0.1, -0.05) is 0 Å². The van der Waals surface area contributed by atoms with Crippen molar-refractivity contribution in [2.45, 2.75) is 31.7 Å². The van der Waals surface area contributed by atoms with Crippen molar-refractivity contribution < 1.29 is 24.2 Å². The van der Waals surface area contributed by atoms with E-state index in [2.05, 4.69) is 5.32 Å². The maximum atomic E-state index is 12.4. The summed E-state index contributed by atoms with van der Waals surface area (Å²) in [6.45, 7) is 0.609. The highest BCUT2D eigenvalue weighted by molar-refractivity contribution is 5.97. The number of benzene rings is 1. The molecule has 0 atom stereocenters. The van der Waals surface area contributed by atoms with Crippen LogP contribution in [0.4, 0.5) is 0 Å². The number of amides is 1. The van der Waals surface area contributed by atoms with Gasteiger partial charge in [-0.25, -0.2) is 0 Å². The molecule has 0 heterocycles. The third-order valence-corrected chi connectivity index (χ3v) is 4.43. The van der Waals surface area contributed by atoms with Crippen LogP contribution in [0.1, 0.15) is 36.0 Å². The van der Waals surface area contributed by atoms with Crippen LogP contribution < -0.4 is 14.8 Å². The lowest BCUT2D eigenvalue weighted by Gasteiger charge is -2.33. The van der Waals surface area contributed by atoms with E-state index in [9.17, 15) is 9.59 Å². The first-order chi connectivity index (χ1) is 11.1. The van der Waals surface area contributed by atoms with Gasteiger partial charge in [0.2, 0.25) is 0 Å². The third kappa shape index (κ3) is 3.75. The molecule has 2 N–H and O–H groups in total. The fraction of sp³-hybridized carbons (Fsp3) is 0.529. The average molecular weight is 319 g/mol. The fourth-order valence-corrected chi connectivity index (χ4v) is 2.63. The van der Waals surface area contributed by atoms with Gasteiger partial charge in [-0.15, -0.1) is 0 Å². The SMILES string of the molecule is COc1ccc(C(=O)NC2CC(C(=O)O)C2)c(OCC2CC2)c1. The second-order valence-electron chi connectivity index (χ2n) is 6.29. The summed E-state index contributed by atoms with van der Waals surface area (Å²) >= 11 is 0. The van der Waals surface area contributed by atoms with Crippen molar-refractivity contribution in [2.75, 3.05) is 13.7 Å². The molecule has 2 aliphatic carbocycles. The normalized spacial score (nSPS) is 22.8. The molecule has 6 nitrogen and oxygen atoms in total. The zero-order valence-corrected chi connectivity index (χ0v) is 13.1. The van der Waals surface area contributed by atoms with Crippen LogP contribution >= 0.6 is 0 Å². The standard InChI is InChI=1S/C17H21NO5/c1-22-13-4-5-14(15(8-13)23-9-10-2-3-10)16(19)18-12-6-11(7-12)17(20)21/h4-5,8,10-12H,2-3,6-7,9H2,1H3,(H,18,19)(H,20,21). The molecule has 1 aromatic carbocycles. The largest absolute Gasteiger partial charge is 0.497 e. The van der Waals surface area contributed by atoms with E-state index in [0.717, 1.165) is 0 Å². The van der Waals surface area contributed by atoms with Crippen LogP contribution in [0.3, 0.4) is 0 Å². The zero-order valence-electron chi connectivity index (χ0n) is 13.1. The van der Waals surface area contributed by atoms with Crippen molar-refractivity contribution in [3.63, 3.8) is 0 Å². The lowest BCUT2D eigenvalue weighted by Crippen LogP contribution is -2.46. The molecule has 3 rings (SSSR count). The molecule has 6 heteroatoms. The number of aliphatic carboxylic acids is 1. The third-order valence-electron chi connectivity index (χ3n) is 4.43. The monoisotopic (exact) mass is 319 g/mol. The highest BCUT2D eigenvalue weighted by Crippen LogP contribution is 2.32. The fourth-order valence-electron chi connectivity index (χ4n) is 2.63. The van der Waals surface area contributed by atoms with Crippen LogP contribution in [-0.4, -0.2) is 36.7 Å². The van der Waals surface area contributed by atoms with Gasteiger partial charge in [-0.3, -0.25) is 9.59 Å². The number of ether oxygens (including phenoxy) is 2. The predicted molar refractivity (Wildman–Crippen MR) is 82.8 cm³/mol. The first kappa shape index (κ1) is 15.6. The number of carboxylic acid groups (broad SMARTS) is 1. The molecule has 0 unspecified atom stereocenters. The average Bonchev–Trinajstić information content (AvgIpc) is 3.31. The molecule has 0 radical (unpaired) electrons. The number of carbonyl (C=O) groups is 2. The molecule has 1 amide bonds. The zero-order chi connectivity index (χ0) is 16.4. The number of methoxy groups -OCH3 is 1. The molecule has 0 bridgehead atoms. The molecule has 23 heavy (non-hydrogen) atoms. The van der Waals surface area contributed by atoms with Gasteiger partial charge in [-0.2, -0.15) is 0 Å². The van der Waals surface area contributed by atoms with Gasteiger partial charge in [0.25, 0.3) is 5.91 Å². The smallest absolute Gasteiger partial charge is 0.306 e. The molecule has 2 saturated carbocycles. The Kier molecular flexibility index (Phi) is 4.41. The van der Waals surface area contributed by atoms with E-state index in [-0.39, 0.29) is 17.9 Å². The number of nitrogens with one attached hydrogen (secondary N) is 1. The van der Waals surface area contributed by atoms with Crippen LogP contribution in [0.15, 0.2) is 18.2 Å². The summed E-state index contributed by atoms with van der Waals surface area (Å²) in [6, 6.07) is 5.05. The number of carboxylic acids is 1. The minimum atomic E-state index is -0.798. The Morgan fingerprint density at radius 3 is 2.65 bits per heavy atom. The van der Waals surface area contributed by atoms with Gasteiger partial charge in [0.05, 0.1) is 25.2 Å². The van der Waals surface area contributed by atoms with E-state index in [1.165, 1.54) is 12.8 Å². The minimum Gasteiger partial charge on any atom is -0.497 e. The summed E-state index contributed by atoms with van der Waals surface area (Å²) in [5.41, 5.74) is 0.463. The summed E-state index contributed by atoms with van der Waals surface area (Å²) in [5.74, 6) is 0.368. The summed E-state index contributed by atoms with van der Waals surface area (Å²) in [5, 5.41) is 11.8. The topological polar surface area (TPSA) is 84.9 Å². The molecular weight excluding hydrogens is 298 g/mol. The molecule has 2 fully saturated rings. The molecule has 0 spiro atoms. The van der Waals surface area contributed by atoms with Crippen molar-refractivity contribution in [3.05, 3.63) is 23.8 Å². The van der Waals surface area contributed by atoms with Crippen molar-refractivity contribution in [2.24, 2.45) is 11.8 Å². The van der Waals surface area contributed by atoms with Gasteiger partial charge in [0.15, 0.2) is 0 Å². The first-order valence-electron chi connectivity index (χ1n) is 7.91. The molecule has 1 aromatic rings. The van der Waals surface area contributed by atoms with E-state index < -0.39 is 5.97 Å². The van der Waals surface area contributed by atoms with Crippen molar-refractivity contribution in [3.8, 4) is 11.5 Å². The van der Waals surface area contributed by atoms with Gasteiger partial charge >= 0.3 is 5.97 Å². The van der Waals surface area contributed by atoms with Gasteiger partial charge in [0, 0.05) is 12.1 Å². The Bertz CT molecular complexity index is 605. The van der Waals surface area contributed by atoms with Crippen molar-refractivity contribution in [1.29, 1.82) is 0 Å². The Morgan fingerprint density at radius 1 is 1.30 bits per heavy atom. The summed E-state index contributed by atoms with van der Waals surface area (Å²) < 4.78 is 11.0. The summed E-state index contributed by atoms with van der Waals surface area (Å²) in [6.07, 6.45) is 3.30. The van der Waals surface area contributed by atoms with E-state index >= 15 is 0 Å². The molecular formula is C17H21NO5. The Labute approximate surface area is 134 Å². The maximum Gasteiger partial charge on any atom is 0.306 e. The van der Waals surface area contributed by atoms with Crippen LogP contribution in [-0.2, 0) is 4.79 Å². The Balaban J connectivity index is 1.64. The Hall–Kier alpha value is -2.24. The highest BCUT2D eigenvalue weighted by atomic mass is 16.5. The van der Waals surface area contributed by atoms with Crippen molar-refractivity contribution in [1.82, 2.24) is 5.32 Å². The van der Waals surface area contributed by atoms with Crippen molar-refractivity contribution >= 4 is 11.9 Å². The second-order valence-corrected chi connectivity index (χ2v) is 6.29. The van der Waals surface area contributed by atoms with Crippen LogP contribution in [0, 0.1) is 11.8 Å². The Morgan fingerprint density at radius 2 is 2.04 bits per heavy atom. The first-order valence-corrected chi connectivity index (χ1v) is 7.91. The molecule has 124 valence electrons. The van der Waals surface area contributed by atoms with Crippen LogP contribution in [0.25, 0.3) is 0 Å². The molecule has 2 aliphatic rings. The number of rotatable bonds is 7. The number of carbonyl (C=O) groups excluding carboxylic acids is 1. The van der Waals surface area contributed by atoms with E-state index in [0.29, 0.717) is 42.4 Å². The maximum absolute atomic E-state index is 12.4. The predicted octanol–water partition coefficient (Wildman–Crippen LogP) is 2.08. The molecule has 0 aliphatic heterocycles. The number of hydrogen-bond acceptors (Lipinski definition) is 4. The second kappa shape index (κ2) is 6.48. The van der Waals surface area contributed by atoms with Crippen LogP contribution in [0.2, 0.25) is 0 Å². The summed E-state index contributed by atoms with van der Waals surface area (Å²) in [7, 11) is 1.57. The molecule has 0 saturated heterocycles. The van der Waals surface area contributed by atoms with Gasteiger partial charge in [-0.05, 0) is 43.7 Å².